The molecule has 1 aromatic rings. The fraction of sp³-hybridized carbons (Fsp3) is 0.182. The van der Waals surface area contributed by atoms with Gasteiger partial charge < -0.3 is 0 Å². The zero-order chi connectivity index (χ0) is 11.3. The molecule has 1 rings (SSSR count). The highest BCUT2D eigenvalue weighted by molar-refractivity contribution is 9.10. The van der Waals surface area contributed by atoms with E-state index in [-0.39, 0.29) is 0 Å². The van der Waals surface area contributed by atoms with Gasteiger partial charge in [-0.3, -0.25) is 4.79 Å². The Hall–Kier alpha value is -0.310. The van der Waals surface area contributed by atoms with E-state index in [9.17, 15) is 4.79 Å². The van der Waals surface area contributed by atoms with Crippen LogP contribution in [0.15, 0.2) is 34.3 Å². The molecule has 0 fully saturated rings. The summed E-state index contributed by atoms with van der Waals surface area (Å²) in [4.78, 5) is 10.8. The second-order valence-corrected chi connectivity index (χ2v) is 4.57. The third-order valence-electron chi connectivity index (χ3n) is 1.89. The molecule has 0 saturated heterocycles. The number of aldehydes is 1. The zero-order valence-electron chi connectivity index (χ0n) is 7.84. The number of alkyl halides is 1. The first kappa shape index (κ1) is 12.8. The fourth-order valence-corrected chi connectivity index (χ4v) is 1.84. The van der Waals surface area contributed by atoms with Crippen LogP contribution in [0.1, 0.15) is 12.0 Å². The third kappa shape index (κ3) is 3.63. The minimum atomic E-state index is 0.390. The van der Waals surface area contributed by atoms with Crippen molar-refractivity contribution in [3.05, 3.63) is 39.9 Å². The van der Waals surface area contributed by atoms with Crippen LogP contribution >= 0.6 is 39.1 Å². The van der Waals surface area contributed by atoms with E-state index in [0.717, 1.165) is 16.3 Å². The molecule has 80 valence electrons. The van der Waals surface area contributed by atoms with Gasteiger partial charge in [-0.25, -0.2) is 0 Å². The molecular formula is C11H9BrCl2O. The van der Waals surface area contributed by atoms with E-state index in [1.165, 1.54) is 0 Å². The van der Waals surface area contributed by atoms with Crippen LogP contribution < -0.4 is 0 Å². The summed E-state index contributed by atoms with van der Waals surface area (Å²) in [5.74, 6) is 0.390. The highest BCUT2D eigenvalue weighted by atomic mass is 79.9. The summed E-state index contributed by atoms with van der Waals surface area (Å²) in [7, 11) is 0. The minimum absolute atomic E-state index is 0.390. The van der Waals surface area contributed by atoms with Gasteiger partial charge in [0.15, 0.2) is 0 Å². The molecule has 0 saturated carbocycles. The average Bonchev–Trinajstić information content (AvgIpc) is 2.26. The number of rotatable bonds is 4. The molecule has 0 aromatic heterocycles. The average molecular weight is 308 g/mol. The number of halogens is 3. The number of carbonyl (C=O) groups is 1. The van der Waals surface area contributed by atoms with Crippen molar-refractivity contribution >= 4 is 50.5 Å². The lowest BCUT2D eigenvalue weighted by Crippen LogP contribution is -1.90. The van der Waals surface area contributed by atoms with Gasteiger partial charge >= 0.3 is 0 Å². The van der Waals surface area contributed by atoms with Gasteiger partial charge in [0.1, 0.15) is 6.29 Å². The smallest absolute Gasteiger partial charge is 0.147 e. The Bertz CT molecular complexity index is 371. The van der Waals surface area contributed by atoms with E-state index < -0.39 is 0 Å². The second-order valence-electron chi connectivity index (χ2n) is 2.90. The van der Waals surface area contributed by atoms with Crippen LogP contribution in [0.4, 0.5) is 0 Å². The number of hydrogen-bond acceptors (Lipinski definition) is 1. The van der Waals surface area contributed by atoms with Gasteiger partial charge in [-0.1, -0.05) is 39.7 Å². The van der Waals surface area contributed by atoms with Gasteiger partial charge in [-0.05, 0) is 24.1 Å². The molecule has 0 aliphatic carbocycles. The maximum Gasteiger partial charge on any atom is 0.147 e. The van der Waals surface area contributed by atoms with Crippen molar-refractivity contribution < 1.29 is 4.79 Å². The lowest BCUT2D eigenvalue weighted by Gasteiger charge is -2.03. The molecule has 0 aliphatic rings. The topological polar surface area (TPSA) is 17.1 Å². The Morgan fingerprint density at radius 3 is 2.40 bits per heavy atom. The molecule has 0 radical (unpaired) electrons. The molecule has 4 heteroatoms. The van der Waals surface area contributed by atoms with E-state index in [1.54, 1.807) is 0 Å². The number of benzene rings is 1. The van der Waals surface area contributed by atoms with Gasteiger partial charge in [0, 0.05) is 15.9 Å². The Kier molecular flexibility index (Phi) is 5.37. The SMILES string of the molecule is O=C/C(CCCl)=C(\Cl)c1ccc(Br)cc1. The van der Waals surface area contributed by atoms with E-state index in [1.807, 2.05) is 24.3 Å². The van der Waals surface area contributed by atoms with Crippen molar-refractivity contribution in [1.29, 1.82) is 0 Å². The van der Waals surface area contributed by atoms with E-state index in [2.05, 4.69) is 15.9 Å². The standard InChI is InChI=1S/C11H9BrCl2O/c12-10-3-1-8(2-4-10)11(14)9(7-15)5-6-13/h1-4,7H,5-6H2/b11-9-. The lowest BCUT2D eigenvalue weighted by molar-refractivity contribution is -0.104. The van der Waals surface area contributed by atoms with Crippen LogP contribution in [0.2, 0.25) is 0 Å². The Balaban J connectivity index is 3.04. The maximum atomic E-state index is 10.8. The molecule has 0 bridgehead atoms. The van der Waals surface area contributed by atoms with Crippen molar-refractivity contribution in [3.8, 4) is 0 Å². The molecular weight excluding hydrogens is 299 g/mol. The molecule has 0 aliphatic heterocycles. The summed E-state index contributed by atoms with van der Waals surface area (Å²) in [6.07, 6.45) is 1.24. The monoisotopic (exact) mass is 306 g/mol. The van der Waals surface area contributed by atoms with Crippen molar-refractivity contribution in [1.82, 2.24) is 0 Å². The zero-order valence-corrected chi connectivity index (χ0v) is 10.9. The summed E-state index contributed by atoms with van der Waals surface area (Å²) < 4.78 is 0.973. The first-order chi connectivity index (χ1) is 7.19. The van der Waals surface area contributed by atoms with E-state index in [4.69, 9.17) is 23.2 Å². The molecule has 1 aromatic carbocycles. The second kappa shape index (κ2) is 6.31. The van der Waals surface area contributed by atoms with Crippen molar-refractivity contribution in [2.45, 2.75) is 6.42 Å². The van der Waals surface area contributed by atoms with Crippen LogP contribution in [0.25, 0.3) is 5.03 Å². The summed E-state index contributed by atoms with van der Waals surface area (Å²) in [6, 6.07) is 7.45. The first-order valence-corrected chi connectivity index (χ1v) is 6.05. The van der Waals surface area contributed by atoms with Gasteiger partial charge in [0.25, 0.3) is 0 Å². The summed E-state index contributed by atoms with van der Waals surface area (Å²) >= 11 is 15.0. The lowest BCUT2D eigenvalue weighted by atomic mass is 10.1. The molecule has 0 unspecified atom stereocenters. The highest BCUT2D eigenvalue weighted by Crippen LogP contribution is 2.25. The molecule has 1 nitrogen and oxygen atoms in total. The predicted octanol–water partition coefficient (Wildman–Crippen LogP) is 4.23. The van der Waals surface area contributed by atoms with Gasteiger partial charge in [-0.2, -0.15) is 0 Å². The molecule has 0 atom stereocenters. The van der Waals surface area contributed by atoms with Crippen LogP contribution in [0, 0.1) is 0 Å². The molecule has 0 N–H and O–H groups in total. The van der Waals surface area contributed by atoms with Crippen LogP contribution in [0.3, 0.4) is 0 Å². The van der Waals surface area contributed by atoms with Crippen molar-refractivity contribution in [2.24, 2.45) is 0 Å². The predicted molar refractivity (Wildman–Crippen MR) is 68.3 cm³/mol. The molecule has 0 heterocycles. The Labute approximate surface area is 107 Å². The molecule has 15 heavy (non-hydrogen) atoms. The van der Waals surface area contributed by atoms with Gasteiger partial charge in [-0.15, -0.1) is 11.6 Å². The summed E-state index contributed by atoms with van der Waals surface area (Å²) in [6.45, 7) is 0. The van der Waals surface area contributed by atoms with Gasteiger partial charge in [0.05, 0.1) is 5.03 Å². The fourth-order valence-electron chi connectivity index (χ4n) is 1.10. The number of carbonyl (C=O) groups excluding carboxylic acids is 1. The largest absolute Gasteiger partial charge is 0.298 e. The molecule has 0 amide bonds. The Morgan fingerprint density at radius 1 is 1.33 bits per heavy atom. The number of hydrogen-bond donors (Lipinski definition) is 0. The highest BCUT2D eigenvalue weighted by Gasteiger charge is 2.05. The van der Waals surface area contributed by atoms with Crippen molar-refractivity contribution in [2.75, 3.05) is 5.88 Å². The maximum absolute atomic E-state index is 10.8. The van der Waals surface area contributed by atoms with Crippen LogP contribution in [-0.2, 0) is 4.79 Å². The van der Waals surface area contributed by atoms with Crippen molar-refractivity contribution in [3.63, 3.8) is 0 Å². The van der Waals surface area contributed by atoms with Crippen LogP contribution in [0.5, 0.6) is 0 Å². The quantitative estimate of drug-likeness (QED) is 0.462. The minimum Gasteiger partial charge on any atom is -0.298 e. The molecule has 0 spiro atoms. The summed E-state index contributed by atoms with van der Waals surface area (Å²) in [5.41, 5.74) is 1.36. The first-order valence-electron chi connectivity index (χ1n) is 4.34. The van der Waals surface area contributed by atoms with Crippen LogP contribution in [-0.4, -0.2) is 12.2 Å². The van der Waals surface area contributed by atoms with E-state index in [0.29, 0.717) is 22.9 Å². The van der Waals surface area contributed by atoms with E-state index >= 15 is 0 Å². The Morgan fingerprint density at radius 2 is 1.93 bits per heavy atom. The van der Waals surface area contributed by atoms with Gasteiger partial charge in [0.2, 0.25) is 0 Å². The third-order valence-corrected chi connectivity index (χ3v) is 3.06. The summed E-state index contributed by atoms with van der Waals surface area (Å²) in [5, 5.41) is 0.471. The number of allylic oxidation sites excluding steroid dienone is 1. The normalized spacial score (nSPS) is 12.2.